The quantitative estimate of drug-likeness (QED) is 0.432. The molecule has 0 aliphatic carbocycles. The molecular weight excluding hydrogens is 214 g/mol. The molecule has 0 atom stereocenters. The van der Waals surface area contributed by atoms with Gasteiger partial charge in [0, 0.05) is 18.5 Å². The first-order valence-corrected chi connectivity index (χ1v) is 6.12. The van der Waals surface area contributed by atoms with Crippen molar-refractivity contribution in [3.8, 4) is 0 Å². The third-order valence-electron chi connectivity index (χ3n) is 2.49. The van der Waals surface area contributed by atoms with Gasteiger partial charge in [0.1, 0.15) is 12.4 Å². The molecule has 1 N–H and O–H groups in total. The summed E-state index contributed by atoms with van der Waals surface area (Å²) >= 11 is 0. The van der Waals surface area contributed by atoms with Crippen molar-refractivity contribution in [1.82, 2.24) is 9.88 Å². The van der Waals surface area contributed by atoms with Gasteiger partial charge in [-0.2, -0.15) is 0 Å². The molecule has 0 unspecified atom stereocenters. The van der Waals surface area contributed by atoms with E-state index in [4.69, 9.17) is 0 Å². The van der Waals surface area contributed by atoms with Crippen LogP contribution in [-0.2, 0) is 17.9 Å². The zero-order valence-electron chi connectivity index (χ0n) is 10.8. The van der Waals surface area contributed by atoms with Gasteiger partial charge < -0.3 is 5.32 Å². The predicted octanol–water partition coefficient (Wildman–Crippen LogP) is 1.27. The Kier molecular flexibility index (Phi) is 5.46. The number of nitrogens with one attached hydrogen (secondary N) is 1. The van der Waals surface area contributed by atoms with E-state index in [1.54, 1.807) is 6.92 Å². The summed E-state index contributed by atoms with van der Waals surface area (Å²) in [7, 11) is 0. The summed E-state index contributed by atoms with van der Waals surface area (Å²) in [5, 5.41) is 2.83. The minimum Gasteiger partial charge on any atom is -0.352 e. The van der Waals surface area contributed by atoms with Crippen molar-refractivity contribution in [2.24, 2.45) is 0 Å². The predicted molar refractivity (Wildman–Crippen MR) is 67.4 cm³/mol. The SMILES string of the molecule is C=C(C)C(=O)NCCCn1cc[n+](CCC)c1. The number of carbonyl (C=O) groups excluding carboxylic acids is 1. The standard InChI is InChI=1S/C13H21N3O/c1-4-7-15-9-10-16(11-15)8-5-6-14-13(17)12(2)3/h9-11H,2,4-8H2,1,3H3/p+1. The summed E-state index contributed by atoms with van der Waals surface area (Å²) < 4.78 is 4.31. The molecule has 1 amide bonds. The Hall–Kier alpha value is -1.58. The molecule has 1 aromatic heterocycles. The van der Waals surface area contributed by atoms with Crippen molar-refractivity contribution in [3.63, 3.8) is 0 Å². The molecule has 1 rings (SSSR count). The Bertz CT molecular complexity index is 382. The monoisotopic (exact) mass is 236 g/mol. The molecule has 0 spiro atoms. The van der Waals surface area contributed by atoms with Crippen LogP contribution in [-0.4, -0.2) is 17.0 Å². The van der Waals surface area contributed by atoms with Gasteiger partial charge in [0.2, 0.25) is 12.2 Å². The van der Waals surface area contributed by atoms with E-state index in [2.05, 4.69) is 46.7 Å². The van der Waals surface area contributed by atoms with Crippen LogP contribution in [0.4, 0.5) is 0 Å². The Morgan fingerprint density at radius 3 is 2.94 bits per heavy atom. The van der Waals surface area contributed by atoms with Gasteiger partial charge in [0.05, 0.1) is 13.1 Å². The lowest BCUT2D eigenvalue weighted by Gasteiger charge is -2.02. The van der Waals surface area contributed by atoms with Gasteiger partial charge in [-0.25, -0.2) is 9.13 Å². The van der Waals surface area contributed by atoms with Gasteiger partial charge >= 0.3 is 0 Å². The molecule has 0 saturated carbocycles. The summed E-state index contributed by atoms with van der Waals surface area (Å²) in [6.07, 6.45) is 8.32. The number of rotatable bonds is 7. The van der Waals surface area contributed by atoms with Gasteiger partial charge in [-0.1, -0.05) is 13.5 Å². The van der Waals surface area contributed by atoms with E-state index in [0.29, 0.717) is 12.1 Å². The van der Waals surface area contributed by atoms with Crippen molar-refractivity contribution in [1.29, 1.82) is 0 Å². The molecular formula is C13H22N3O+. The van der Waals surface area contributed by atoms with Crippen molar-refractivity contribution < 1.29 is 9.36 Å². The Balaban J connectivity index is 2.21. The second-order valence-corrected chi connectivity index (χ2v) is 4.28. The van der Waals surface area contributed by atoms with E-state index in [-0.39, 0.29) is 5.91 Å². The van der Waals surface area contributed by atoms with Gasteiger partial charge in [-0.15, -0.1) is 0 Å². The second-order valence-electron chi connectivity index (χ2n) is 4.28. The van der Waals surface area contributed by atoms with Crippen LogP contribution in [0.25, 0.3) is 0 Å². The maximum absolute atomic E-state index is 11.2. The summed E-state index contributed by atoms with van der Waals surface area (Å²) in [5.74, 6) is -0.0569. The third kappa shape index (κ3) is 4.85. The van der Waals surface area contributed by atoms with Gasteiger partial charge in [-0.3, -0.25) is 4.79 Å². The minimum absolute atomic E-state index is 0.0569. The molecule has 0 aliphatic heterocycles. The minimum atomic E-state index is -0.0569. The van der Waals surface area contributed by atoms with Crippen LogP contribution in [0.2, 0.25) is 0 Å². The van der Waals surface area contributed by atoms with Crippen LogP contribution < -0.4 is 9.88 Å². The number of aromatic nitrogens is 2. The van der Waals surface area contributed by atoms with Crippen molar-refractivity contribution >= 4 is 5.91 Å². The van der Waals surface area contributed by atoms with Crippen LogP contribution in [0.15, 0.2) is 30.9 Å². The fraction of sp³-hybridized carbons (Fsp3) is 0.538. The van der Waals surface area contributed by atoms with E-state index in [0.717, 1.165) is 25.9 Å². The highest BCUT2D eigenvalue weighted by atomic mass is 16.1. The highest BCUT2D eigenvalue weighted by Crippen LogP contribution is 1.91. The summed E-state index contributed by atoms with van der Waals surface area (Å²) in [6, 6.07) is 0. The van der Waals surface area contributed by atoms with Crippen molar-refractivity contribution in [2.75, 3.05) is 6.54 Å². The lowest BCUT2D eigenvalue weighted by atomic mass is 10.3. The number of nitrogens with zero attached hydrogens (tertiary/aromatic N) is 2. The van der Waals surface area contributed by atoms with Gasteiger partial charge in [-0.05, 0) is 13.3 Å². The first-order valence-electron chi connectivity index (χ1n) is 6.12. The molecule has 0 fully saturated rings. The summed E-state index contributed by atoms with van der Waals surface area (Å²) in [4.78, 5) is 11.2. The second kappa shape index (κ2) is 6.89. The topological polar surface area (TPSA) is 37.9 Å². The normalized spacial score (nSPS) is 10.2. The Morgan fingerprint density at radius 2 is 2.29 bits per heavy atom. The molecule has 4 heteroatoms. The number of hydrogen-bond donors (Lipinski definition) is 1. The van der Waals surface area contributed by atoms with Crippen LogP contribution in [0, 0.1) is 0 Å². The van der Waals surface area contributed by atoms with Crippen LogP contribution in [0.3, 0.4) is 0 Å². The highest BCUT2D eigenvalue weighted by molar-refractivity contribution is 5.91. The molecule has 1 aromatic rings. The van der Waals surface area contributed by atoms with Gasteiger partial charge in [0.15, 0.2) is 0 Å². The van der Waals surface area contributed by atoms with E-state index in [1.807, 2.05) is 0 Å². The smallest absolute Gasteiger partial charge is 0.246 e. The van der Waals surface area contributed by atoms with Gasteiger partial charge in [0.25, 0.3) is 0 Å². The lowest BCUT2D eigenvalue weighted by Crippen LogP contribution is -2.30. The molecule has 0 radical (unpaired) electrons. The van der Waals surface area contributed by atoms with Crippen molar-refractivity contribution in [3.05, 3.63) is 30.9 Å². The van der Waals surface area contributed by atoms with Crippen LogP contribution >= 0.6 is 0 Å². The average molecular weight is 236 g/mol. The number of hydrogen-bond acceptors (Lipinski definition) is 1. The van der Waals surface area contributed by atoms with E-state index < -0.39 is 0 Å². The first-order chi connectivity index (χ1) is 8.13. The number of imidazole rings is 1. The Morgan fingerprint density at radius 1 is 1.53 bits per heavy atom. The zero-order valence-corrected chi connectivity index (χ0v) is 10.8. The number of amides is 1. The fourth-order valence-corrected chi connectivity index (χ4v) is 1.58. The third-order valence-corrected chi connectivity index (χ3v) is 2.49. The number of aryl methyl sites for hydroxylation is 2. The average Bonchev–Trinajstić information content (AvgIpc) is 2.72. The lowest BCUT2D eigenvalue weighted by molar-refractivity contribution is -0.696. The summed E-state index contributed by atoms with van der Waals surface area (Å²) in [5.41, 5.74) is 0.562. The van der Waals surface area contributed by atoms with E-state index in [1.165, 1.54) is 0 Å². The maximum atomic E-state index is 11.2. The molecule has 0 aliphatic rings. The first kappa shape index (κ1) is 13.5. The Labute approximate surface area is 103 Å². The molecule has 0 saturated heterocycles. The number of carbonyl (C=O) groups is 1. The molecule has 4 nitrogen and oxygen atoms in total. The molecule has 17 heavy (non-hydrogen) atoms. The van der Waals surface area contributed by atoms with Crippen LogP contribution in [0.5, 0.6) is 0 Å². The molecule has 0 bridgehead atoms. The molecule has 94 valence electrons. The summed E-state index contributed by atoms with van der Waals surface area (Å²) in [6.45, 7) is 10.1. The highest BCUT2D eigenvalue weighted by Gasteiger charge is 2.03. The van der Waals surface area contributed by atoms with Crippen LogP contribution in [0.1, 0.15) is 26.7 Å². The van der Waals surface area contributed by atoms with E-state index >= 15 is 0 Å². The van der Waals surface area contributed by atoms with Crippen molar-refractivity contribution in [2.45, 2.75) is 39.8 Å². The molecule has 1 heterocycles. The maximum Gasteiger partial charge on any atom is 0.246 e. The fourth-order valence-electron chi connectivity index (χ4n) is 1.58. The molecule has 0 aromatic carbocycles. The van der Waals surface area contributed by atoms with E-state index in [9.17, 15) is 4.79 Å². The largest absolute Gasteiger partial charge is 0.352 e. The zero-order chi connectivity index (χ0) is 12.7.